The summed E-state index contributed by atoms with van der Waals surface area (Å²) in [5.74, 6) is 1.80. The first-order valence-corrected chi connectivity index (χ1v) is 16.6. The normalized spacial score (nSPS) is 15.3. The van der Waals surface area contributed by atoms with Crippen molar-refractivity contribution in [3.63, 3.8) is 0 Å². The maximum Gasteiger partial charge on any atom is 0.333 e. The third-order valence-electron chi connectivity index (χ3n) is 11.5. The summed E-state index contributed by atoms with van der Waals surface area (Å²) >= 11 is 0. The van der Waals surface area contributed by atoms with Crippen LogP contribution in [0, 0.1) is 0 Å². The highest BCUT2D eigenvalue weighted by atomic mass is 16.5. The molecule has 4 aliphatic rings. The van der Waals surface area contributed by atoms with E-state index in [4.69, 9.17) is 4.74 Å². The van der Waals surface area contributed by atoms with Gasteiger partial charge in [-0.05, 0) is 68.4 Å². The van der Waals surface area contributed by atoms with E-state index in [2.05, 4.69) is 151 Å². The molecule has 3 aliphatic heterocycles. The molecule has 4 heteroatoms. The van der Waals surface area contributed by atoms with Crippen molar-refractivity contribution in [1.82, 2.24) is 4.48 Å². The summed E-state index contributed by atoms with van der Waals surface area (Å²) < 4.78 is 9.38. The standard InChI is InChI=1S/C43H27BN2O/c1-43(2)30-16-6-5-13-28(30)37-31(43)23-34-39-38(37)29-15-9-14-26-27-22-21-24-11-3-4-12-25(24)40(27)46(41(26)29)44(39)32-17-10-20-36-42(32)45(34)33-18-7-8-19-35(33)47-36/h3-23H,1-2H3. The van der Waals surface area contributed by atoms with Gasteiger partial charge in [0.1, 0.15) is 0 Å². The van der Waals surface area contributed by atoms with Gasteiger partial charge in [-0.15, -0.1) is 0 Å². The van der Waals surface area contributed by atoms with Crippen LogP contribution in [-0.4, -0.2) is 11.3 Å². The molecule has 0 N–H and O–H groups in total. The molecule has 47 heavy (non-hydrogen) atoms. The second-order valence-electron chi connectivity index (χ2n) is 14.0. The van der Waals surface area contributed by atoms with Crippen molar-refractivity contribution in [2.45, 2.75) is 19.3 Å². The molecule has 0 unspecified atom stereocenters. The van der Waals surface area contributed by atoms with Gasteiger partial charge in [-0.2, -0.15) is 0 Å². The molecule has 0 atom stereocenters. The van der Waals surface area contributed by atoms with E-state index in [9.17, 15) is 0 Å². The van der Waals surface area contributed by atoms with Crippen molar-refractivity contribution < 1.29 is 4.74 Å². The molecule has 0 radical (unpaired) electrons. The molecule has 0 fully saturated rings. The van der Waals surface area contributed by atoms with Crippen LogP contribution in [0.5, 0.6) is 11.5 Å². The lowest BCUT2D eigenvalue weighted by molar-refractivity contribution is 0.477. The number of aromatic nitrogens is 1. The fourth-order valence-electron chi connectivity index (χ4n) is 9.64. The zero-order chi connectivity index (χ0) is 30.8. The van der Waals surface area contributed by atoms with E-state index >= 15 is 0 Å². The predicted molar refractivity (Wildman–Crippen MR) is 195 cm³/mol. The van der Waals surface area contributed by atoms with Gasteiger partial charge >= 0.3 is 6.85 Å². The molecular weight excluding hydrogens is 571 g/mol. The Morgan fingerprint density at radius 3 is 2.28 bits per heavy atom. The van der Waals surface area contributed by atoms with Crippen LogP contribution in [0.2, 0.25) is 0 Å². The van der Waals surface area contributed by atoms with Crippen molar-refractivity contribution in [3.8, 4) is 33.8 Å². The highest BCUT2D eigenvalue weighted by Gasteiger charge is 2.49. The summed E-state index contributed by atoms with van der Waals surface area (Å²) in [5, 5.41) is 5.17. The van der Waals surface area contributed by atoms with Crippen LogP contribution in [0.4, 0.5) is 17.1 Å². The number of fused-ring (bicyclic) bond motifs is 15. The predicted octanol–water partition coefficient (Wildman–Crippen LogP) is 9.78. The fraction of sp³-hybridized carbons (Fsp3) is 0.0698. The highest BCUT2D eigenvalue weighted by molar-refractivity contribution is 6.90. The average molecular weight is 599 g/mol. The number of hydrogen-bond acceptors (Lipinski definition) is 2. The monoisotopic (exact) mass is 598 g/mol. The Bertz CT molecular complexity index is 2770. The summed E-state index contributed by atoms with van der Waals surface area (Å²) in [7, 11) is 0. The molecule has 0 saturated carbocycles. The van der Waals surface area contributed by atoms with E-state index in [0.29, 0.717) is 0 Å². The molecule has 0 bridgehead atoms. The van der Waals surface area contributed by atoms with Crippen LogP contribution in [0.1, 0.15) is 25.0 Å². The molecule has 0 spiro atoms. The summed E-state index contributed by atoms with van der Waals surface area (Å²) in [5.41, 5.74) is 16.9. The Kier molecular flexibility index (Phi) is 4.15. The third-order valence-corrected chi connectivity index (χ3v) is 11.5. The second-order valence-corrected chi connectivity index (χ2v) is 14.0. The lowest BCUT2D eigenvalue weighted by Gasteiger charge is -2.44. The number of para-hydroxylation sites is 4. The van der Waals surface area contributed by atoms with Crippen LogP contribution in [-0.2, 0) is 5.41 Å². The van der Waals surface area contributed by atoms with Crippen molar-refractivity contribution in [2.75, 3.05) is 4.90 Å². The lowest BCUT2D eigenvalue weighted by Crippen LogP contribution is -2.57. The van der Waals surface area contributed by atoms with Gasteiger partial charge in [-0.3, -0.25) is 0 Å². The van der Waals surface area contributed by atoms with Gasteiger partial charge in [0.25, 0.3) is 0 Å². The van der Waals surface area contributed by atoms with Gasteiger partial charge in [0.2, 0.25) is 0 Å². The number of anilines is 3. The Morgan fingerprint density at radius 1 is 0.574 bits per heavy atom. The molecule has 8 aromatic rings. The van der Waals surface area contributed by atoms with Crippen LogP contribution in [0.25, 0.3) is 54.8 Å². The van der Waals surface area contributed by atoms with Crippen molar-refractivity contribution in [1.29, 1.82) is 0 Å². The number of nitrogens with zero attached hydrogens (tertiary/aromatic N) is 2. The molecule has 1 aliphatic carbocycles. The fourth-order valence-corrected chi connectivity index (χ4v) is 9.64. The van der Waals surface area contributed by atoms with E-state index in [1.54, 1.807) is 0 Å². The first-order valence-electron chi connectivity index (χ1n) is 16.6. The Morgan fingerprint density at radius 2 is 1.32 bits per heavy atom. The highest BCUT2D eigenvalue weighted by Crippen LogP contribution is 2.59. The van der Waals surface area contributed by atoms with Crippen LogP contribution in [0.15, 0.2) is 127 Å². The molecule has 218 valence electrons. The van der Waals surface area contributed by atoms with Gasteiger partial charge in [0.15, 0.2) is 11.5 Å². The Hall–Kier alpha value is -5.74. The van der Waals surface area contributed by atoms with E-state index in [1.165, 1.54) is 82.6 Å². The summed E-state index contributed by atoms with van der Waals surface area (Å²) in [6.07, 6.45) is 0. The lowest BCUT2D eigenvalue weighted by atomic mass is 9.44. The van der Waals surface area contributed by atoms with Crippen LogP contribution >= 0.6 is 0 Å². The third kappa shape index (κ3) is 2.68. The SMILES string of the molecule is CC1(C)c2ccccc2-c2c1cc1c3c2-c2cccc4c5ccc6ccccc6c5n(c24)B3c2cccc3c2N1c1ccccc1O3. The van der Waals surface area contributed by atoms with Gasteiger partial charge in [-0.1, -0.05) is 117 Å². The topological polar surface area (TPSA) is 17.4 Å². The zero-order valence-electron chi connectivity index (χ0n) is 26.0. The van der Waals surface area contributed by atoms with Gasteiger partial charge in [0.05, 0.1) is 11.4 Å². The average Bonchev–Trinajstić information content (AvgIpc) is 3.57. The van der Waals surface area contributed by atoms with Gasteiger partial charge in [-0.25, -0.2) is 0 Å². The van der Waals surface area contributed by atoms with Crippen molar-refractivity contribution >= 4 is 67.4 Å². The Labute approximate surface area is 272 Å². The number of ether oxygens (including phenoxy) is 1. The quantitative estimate of drug-likeness (QED) is 0.162. The maximum absolute atomic E-state index is 6.70. The van der Waals surface area contributed by atoms with E-state index < -0.39 is 0 Å². The molecule has 0 amide bonds. The molecule has 1 aromatic heterocycles. The summed E-state index contributed by atoms with van der Waals surface area (Å²) in [4.78, 5) is 2.51. The summed E-state index contributed by atoms with van der Waals surface area (Å²) in [6.45, 7) is 4.77. The molecule has 0 saturated heterocycles. The Balaban J connectivity index is 1.36. The minimum atomic E-state index is -0.146. The molecule has 4 heterocycles. The molecule has 12 rings (SSSR count). The minimum absolute atomic E-state index is 0.0260. The van der Waals surface area contributed by atoms with E-state index in [1.807, 2.05) is 0 Å². The van der Waals surface area contributed by atoms with Crippen LogP contribution < -0.4 is 20.6 Å². The first-order chi connectivity index (χ1) is 23.1. The van der Waals surface area contributed by atoms with Gasteiger partial charge in [0, 0.05) is 43.9 Å². The number of rotatable bonds is 0. The van der Waals surface area contributed by atoms with Crippen molar-refractivity contribution in [3.05, 3.63) is 139 Å². The minimum Gasteiger partial charge on any atom is -0.453 e. The maximum atomic E-state index is 6.70. The van der Waals surface area contributed by atoms with Gasteiger partial charge < -0.3 is 14.1 Å². The first kappa shape index (κ1) is 24.5. The zero-order valence-corrected chi connectivity index (χ0v) is 26.0. The summed E-state index contributed by atoms with van der Waals surface area (Å²) in [6, 6.07) is 47.2. The smallest absolute Gasteiger partial charge is 0.333 e. The van der Waals surface area contributed by atoms with E-state index in [-0.39, 0.29) is 12.3 Å². The van der Waals surface area contributed by atoms with Crippen molar-refractivity contribution in [2.24, 2.45) is 0 Å². The number of benzene rings is 7. The van der Waals surface area contributed by atoms with Crippen LogP contribution in [0.3, 0.4) is 0 Å². The number of hydrogen-bond donors (Lipinski definition) is 0. The van der Waals surface area contributed by atoms with E-state index in [0.717, 1.165) is 22.9 Å². The second kappa shape index (κ2) is 7.97. The molecular formula is C43H27BN2O. The largest absolute Gasteiger partial charge is 0.453 e. The molecule has 3 nitrogen and oxygen atoms in total. The molecule has 7 aromatic carbocycles.